The molecular formula is C18H23FN6O. The van der Waals surface area contributed by atoms with Crippen molar-refractivity contribution in [2.24, 2.45) is 4.99 Å². The van der Waals surface area contributed by atoms with Gasteiger partial charge in [-0.25, -0.2) is 4.39 Å². The molecule has 0 fully saturated rings. The summed E-state index contributed by atoms with van der Waals surface area (Å²) in [5, 5.41) is 11.3. The number of guanidine groups is 1. The van der Waals surface area contributed by atoms with Crippen LogP contribution >= 0.6 is 0 Å². The fourth-order valence-electron chi connectivity index (χ4n) is 2.73. The Labute approximate surface area is 151 Å². The van der Waals surface area contributed by atoms with Crippen molar-refractivity contribution in [2.45, 2.75) is 26.7 Å². The predicted molar refractivity (Wildman–Crippen MR) is 98.7 cm³/mol. The predicted octanol–water partition coefficient (Wildman–Crippen LogP) is 2.34. The maximum absolute atomic E-state index is 13.3. The van der Waals surface area contributed by atoms with E-state index >= 15 is 0 Å². The third-order valence-corrected chi connectivity index (χ3v) is 3.93. The molecule has 26 heavy (non-hydrogen) atoms. The average molecular weight is 358 g/mol. The number of nitrogens with one attached hydrogen (secondary N) is 3. The number of aromatic amines is 1. The zero-order valence-corrected chi connectivity index (χ0v) is 15.0. The van der Waals surface area contributed by atoms with Gasteiger partial charge in [-0.1, -0.05) is 5.16 Å². The number of hydrogen-bond donors (Lipinski definition) is 3. The van der Waals surface area contributed by atoms with Crippen LogP contribution in [0.5, 0.6) is 0 Å². The van der Waals surface area contributed by atoms with Crippen molar-refractivity contribution in [3.8, 4) is 0 Å². The zero-order valence-electron chi connectivity index (χ0n) is 15.0. The molecule has 3 N–H and O–H groups in total. The van der Waals surface area contributed by atoms with Crippen LogP contribution < -0.4 is 10.6 Å². The first-order chi connectivity index (χ1) is 12.7. The van der Waals surface area contributed by atoms with Crippen LogP contribution in [0.25, 0.3) is 10.9 Å². The number of rotatable bonds is 7. The van der Waals surface area contributed by atoms with Crippen molar-refractivity contribution in [3.63, 3.8) is 0 Å². The van der Waals surface area contributed by atoms with E-state index < -0.39 is 0 Å². The normalized spacial score (nSPS) is 11.9. The van der Waals surface area contributed by atoms with Gasteiger partial charge in [0.05, 0.1) is 6.54 Å². The second-order valence-electron chi connectivity index (χ2n) is 5.93. The smallest absolute Gasteiger partial charge is 0.228 e. The van der Waals surface area contributed by atoms with Gasteiger partial charge in [-0.2, -0.15) is 4.98 Å². The molecule has 8 heteroatoms. The van der Waals surface area contributed by atoms with Gasteiger partial charge in [0.25, 0.3) is 0 Å². The van der Waals surface area contributed by atoms with Gasteiger partial charge in [-0.3, -0.25) is 4.99 Å². The summed E-state index contributed by atoms with van der Waals surface area (Å²) in [6.07, 6.45) is 3.33. The van der Waals surface area contributed by atoms with E-state index in [0.29, 0.717) is 24.7 Å². The van der Waals surface area contributed by atoms with Gasteiger partial charge in [0.2, 0.25) is 5.89 Å². The van der Waals surface area contributed by atoms with Gasteiger partial charge in [0.15, 0.2) is 11.8 Å². The molecular weight excluding hydrogens is 335 g/mol. The molecule has 1 aromatic carbocycles. The number of aryl methyl sites for hydroxylation is 1. The standard InChI is InChI=1S/C18H23FN6O/c1-3-20-18(22-9-7-17-24-12(2)25-26-17)21-8-6-13-11-23-16-10-14(19)4-5-15(13)16/h4-5,10-11,23H,3,6-9H2,1-2H3,(H2,20,21,22). The summed E-state index contributed by atoms with van der Waals surface area (Å²) in [6, 6.07) is 4.80. The highest BCUT2D eigenvalue weighted by molar-refractivity contribution is 5.83. The number of benzene rings is 1. The van der Waals surface area contributed by atoms with E-state index in [1.807, 2.05) is 19.2 Å². The molecule has 3 aromatic rings. The Hall–Kier alpha value is -2.90. The fourth-order valence-corrected chi connectivity index (χ4v) is 2.73. The zero-order chi connectivity index (χ0) is 18.4. The Balaban J connectivity index is 1.53. The number of halogens is 1. The van der Waals surface area contributed by atoms with Crippen molar-refractivity contribution in [2.75, 3.05) is 19.6 Å². The quantitative estimate of drug-likeness (QED) is 0.445. The monoisotopic (exact) mass is 358 g/mol. The first-order valence-electron chi connectivity index (χ1n) is 8.72. The molecule has 0 atom stereocenters. The summed E-state index contributed by atoms with van der Waals surface area (Å²) in [4.78, 5) is 11.8. The number of H-pyrrole nitrogens is 1. The number of nitrogens with zero attached hydrogens (tertiary/aromatic N) is 3. The number of hydrogen-bond acceptors (Lipinski definition) is 4. The van der Waals surface area contributed by atoms with Crippen LogP contribution in [0.2, 0.25) is 0 Å². The van der Waals surface area contributed by atoms with Crippen LogP contribution in [0, 0.1) is 12.7 Å². The minimum absolute atomic E-state index is 0.234. The molecule has 3 rings (SSSR count). The molecule has 2 heterocycles. The first-order valence-corrected chi connectivity index (χ1v) is 8.72. The van der Waals surface area contributed by atoms with Crippen molar-refractivity contribution >= 4 is 16.9 Å². The van der Waals surface area contributed by atoms with Crippen LogP contribution in [0.3, 0.4) is 0 Å². The lowest BCUT2D eigenvalue weighted by molar-refractivity contribution is 0.376. The second kappa shape index (κ2) is 8.46. The maximum Gasteiger partial charge on any atom is 0.228 e. The van der Waals surface area contributed by atoms with Crippen LogP contribution in [0.15, 0.2) is 33.9 Å². The highest BCUT2D eigenvalue weighted by Gasteiger charge is 2.06. The van der Waals surface area contributed by atoms with Crippen molar-refractivity contribution < 1.29 is 8.91 Å². The molecule has 0 aliphatic rings. The molecule has 0 amide bonds. The lowest BCUT2D eigenvalue weighted by Crippen LogP contribution is -2.38. The fraction of sp³-hybridized carbons (Fsp3) is 0.389. The Bertz CT molecular complexity index is 885. The average Bonchev–Trinajstić information content (AvgIpc) is 3.21. The van der Waals surface area contributed by atoms with Crippen molar-refractivity contribution in [1.29, 1.82) is 0 Å². The molecule has 138 valence electrons. The van der Waals surface area contributed by atoms with Crippen LogP contribution in [-0.4, -0.2) is 40.7 Å². The molecule has 0 bridgehead atoms. The lowest BCUT2D eigenvalue weighted by atomic mass is 10.1. The summed E-state index contributed by atoms with van der Waals surface area (Å²) >= 11 is 0. The molecule has 7 nitrogen and oxygen atoms in total. The third-order valence-electron chi connectivity index (χ3n) is 3.93. The molecule has 0 unspecified atom stereocenters. The van der Waals surface area contributed by atoms with E-state index in [-0.39, 0.29) is 5.82 Å². The molecule has 0 saturated heterocycles. The van der Waals surface area contributed by atoms with Gasteiger partial charge in [0, 0.05) is 36.6 Å². The third kappa shape index (κ3) is 4.59. The van der Waals surface area contributed by atoms with E-state index in [1.165, 1.54) is 12.1 Å². The van der Waals surface area contributed by atoms with Gasteiger partial charge in [0.1, 0.15) is 5.82 Å². The SMILES string of the molecule is CCNC(=NCCc1nc(C)no1)NCCc1c[nH]c2cc(F)ccc12. The molecule has 0 aliphatic heterocycles. The number of aromatic nitrogens is 3. The highest BCUT2D eigenvalue weighted by Crippen LogP contribution is 2.19. The van der Waals surface area contributed by atoms with Crippen LogP contribution in [0.4, 0.5) is 4.39 Å². The molecule has 2 aromatic heterocycles. The van der Waals surface area contributed by atoms with Gasteiger partial charge < -0.3 is 20.1 Å². The maximum atomic E-state index is 13.3. The summed E-state index contributed by atoms with van der Waals surface area (Å²) in [7, 11) is 0. The second-order valence-corrected chi connectivity index (χ2v) is 5.93. The van der Waals surface area contributed by atoms with E-state index in [4.69, 9.17) is 4.52 Å². The number of aliphatic imine (C=N–C) groups is 1. The highest BCUT2D eigenvalue weighted by atomic mass is 19.1. The number of fused-ring (bicyclic) bond motifs is 1. The van der Waals surface area contributed by atoms with E-state index in [2.05, 4.69) is 30.8 Å². The minimum Gasteiger partial charge on any atom is -0.361 e. The summed E-state index contributed by atoms with van der Waals surface area (Å²) in [5.41, 5.74) is 1.96. The van der Waals surface area contributed by atoms with E-state index in [9.17, 15) is 4.39 Å². The van der Waals surface area contributed by atoms with Gasteiger partial charge in [-0.15, -0.1) is 0 Å². The van der Waals surface area contributed by atoms with Crippen LogP contribution in [0.1, 0.15) is 24.2 Å². The summed E-state index contributed by atoms with van der Waals surface area (Å²) in [6.45, 7) is 5.87. The largest absolute Gasteiger partial charge is 0.361 e. The Morgan fingerprint density at radius 1 is 1.31 bits per heavy atom. The molecule has 0 radical (unpaired) electrons. The summed E-state index contributed by atoms with van der Waals surface area (Å²) < 4.78 is 18.3. The first kappa shape index (κ1) is 17.9. The lowest BCUT2D eigenvalue weighted by Gasteiger charge is -2.10. The van der Waals surface area contributed by atoms with Crippen LogP contribution in [-0.2, 0) is 12.8 Å². The Morgan fingerprint density at radius 2 is 2.19 bits per heavy atom. The van der Waals surface area contributed by atoms with Crippen molar-refractivity contribution in [1.82, 2.24) is 25.8 Å². The summed E-state index contributed by atoms with van der Waals surface area (Å²) in [5.74, 6) is 1.73. The Kier molecular flexibility index (Phi) is 5.83. The molecule has 0 spiro atoms. The van der Waals surface area contributed by atoms with Crippen molar-refractivity contribution in [3.05, 3.63) is 47.5 Å². The molecule has 0 aliphatic carbocycles. The minimum atomic E-state index is -0.234. The molecule has 0 saturated carbocycles. The van der Waals surface area contributed by atoms with Gasteiger partial charge in [-0.05, 0) is 44.0 Å². The topological polar surface area (TPSA) is 91.1 Å². The van der Waals surface area contributed by atoms with Gasteiger partial charge >= 0.3 is 0 Å². The van der Waals surface area contributed by atoms with E-state index in [0.717, 1.165) is 41.9 Å². The van der Waals surface area contributed by atoms with E-state index in [1.54, 1.807) is 6.92 Å². The Morgan fingerprint density at radius 3 is 2.96 bits per heavy atom.